The average Bonchev–Trinajstić information content (AvgIpc) is 3.03. The lowest BCUT2D eigenvalue weighted by molar-refractivity contribution is -0.0363. The van der Waals surface area contributed by atoms with Gasteiger partial charge in [-0.25, -0.2) is 9.31 Å². The summed E-state index contributed by atoms with van der Waals surface area (Å²) >= 11 is 3.60. The highest BCUT2D eigenvalue weighted by molar-refractivity contribution is 9.10. The Morgan fingerprint density at radius 2 is 2.03 bits per heavy atom. The first-order valence-corrected chi connectivity index (χ1v) is 10.6. The van der Waals surface area contributed by atoms with Gasteiger partial charge in [-0.1, -0.05) is 26.8 Å². The van der Waals surface area contributed by atoms with E-state index in [0.29, 0.717) is 18.6 Å². The third-order valence-corrected chi connectivity index (χ3v) is 6.97. The number of carbonyl (C=O) groups is 1. The van der Waals surface area contributed by atoms with Crippen molar-refractivity contribution in [1.82, 2.24) is 19.1 Å². The molecule has 1 aliphatic rings. The van der Waals surface area contributed by atoms with Crippen molar-refractivity contribution in [3.8, 4) is 0 Å². The minimum absolute atomic E-state index is 0.158. The quantitative estimate of drug-likeness (QED) is 0.615. The fraction of sp³-hybridized carbons (Fsp3) is 0.476. The van der Waals surface area contributed by atoms with E-state index < -0.39 is 11.6 Å². The summed E-state index contributed by atoms with van der Waals surface area (Å²) in [5.41, 5.74) is 0.252. The largest absolute Gasteiger partial charge is 0.465 e. The maximum Gasteiger partial charge on any atom is 0.407 e. The van der Waals surface area contributed by atoms with E-state index in [4.69, 9.17) is 0 Å². The normalized spacial score (nSPS) is 20.5. The first-order valence-electron chi connectivity index (χ1n) is 9.83. The molecule has 1 saturated heterocycles. The first-order chi connectivity index (χ1) is 13.7. The third-order valence-electron chi connectivity index (χ3n) is 6.31. The summed E-state index contributed by atoms with van der Waals surface area (Å²) in [5.74, 6) is 0. The number of hydrogen-bond acceptors (Lipinski definition) is 3. The van der Waals surface area contributed by atoms with Crippen LogP contribution in [0.2, 0.25) is 0 Å². The highest BCUT2D eigenvalue weighted by Crippen LogP contribution is 2.44. The molecule has 1 N–H and O–H groups in total. The van der Waals surface area contributed by atoms with Gasteiger partial charge in [0.15, 0.2) is 0 Å². The van der Waals surface area contributed by atoms with Gasteiger partial charge in [-0.3, -0.25) is 9.36 Å². The minimum atomic E-state index is -0.931. The van der Waals surface area contributed by atoms with Gasteiger partial charge in [0.1, 0.15) is 5.65 Å². The molecule has 0 aliphatic carbocycles. The van der Waals surface area contributed by atoms with E-state index in [1.807, 2.05) is 18.2 Å². The van der Waals surface area contributed by atoms with E-state index in [-0.39, 0.29) is 17.5 Å². The molecular formula is C21H25BrN4O3. The molecule has 29 heavy (non-hydrogen) atoms. The highest BCUT2D eigenvalue weighted by Gasteiger charge is 2.50. The zero-order chi connectivity index (χ0) is 21.0. The zero-order valence-corrected chi connectivity index (χ0v) is 18.4. The Morgan fingerprint density at radius 1 is 1.28 bits per heavy atom. The van der Waals surface area contributed by atoms with Gasteiger partial charge >= 0.3 is 6.09 Å². The minimum Gasteiger partial charge on any atom is -0.465 e. The number of fused-ring (bicyclic) bond motifs is 3. The molecule has 4 rings (SSSR count). The summed E-state index contributed by atoms with van der Waals surface area (Å²) in [5, 5.41) is 15.4. The van der Waals surface area contributed by atoms with Gasteiger partial charge in [-0.15, -0.1) is 0 Å². The Kier molecular flexibility index (Phi) is 4.72. The lowest BCUT2D eigenvalue weighted by atomic mass is 9.67. The number of benzene rings is 1. The van der Waals surface area contributed by atoms with Gasteiger partial charge in [-0.2, -0.15) is 5.10 Å². The van der Waals surface area contributed by atoms with E-state index >= 15 is 0 Å². The van der Waals surface area contributed by atoms with Crippen molar-refractivity contribution in [3.63, 3.8) is 0 Å². The highest BCUT2D eigenvalue weighted by atomic mass is 79.9. The molecule has 1 atom stereocenters. The predicted molar refractivity (Wildman–Crippen MR) is 115 cm³/mol. The van der Waals surface area contributed by atoms with E-state index in [1.54, 1.807) is 20.2 Å². The van der Waals surface area contributed by atoms with Crippen LogP contribution in [-0.4, -0.2) is 42.4 Å². The van der Waals surface area contributed by atoms with Crippen LogP contribution in [0.5, 0.6) is 0 Å². The maximum atomic E-state index is 13.0. The van der Waals surface area contributed by atoms with Crippen molar-refractivity contribution in [2.75, 3.05) is 6.54 Å². The van der Waals surface area contributed by atoms with E-state index in [9.17, 15) is 14.7 Å². The van der Waals surface area contributed by atoms with Crippen molar-refractivity contribution >= 4 is 38.6 Å². The lowest BCUT2D eigenvalue weighted by Crippen LogP contribution is -2.64. The Hall–Kier alpha value is -2.35. The number of piperidine rings is 1. The van der Waals surface area contributed by atoms with Crippen LogP contribution in [0.15, 0.2) is 39.7 Å². The molecule has 2 aromatic heterocycles. The summed E-state index contributed by atoms with van der Waals surface area (Å²) in [6.07, 6.45) is 3.22. The smallest absolute Gasteiger partial charge is 0.407 e. The molecule has 0 bridgehead atoms. The number of likely N-dealkylation sites (tertiary alicyclic amines) is 1. The van der Waals surface area contributed by atoms with Gasteiger partial charge < -0.3 is 10.0 Å². The molecular weight excluding hydrogens is 436 g/mol. The van der Waals surface area contributed by atoms with Crippen LogP contribution in [0.1, 0.15) is 40.0 Å². The van der Waals surface area contributed by atoms with Crippen molar-refractivity contribution in [2.45, 2.75) is 52.1 Å². The number of rotatable bonds is 2. The van der Waals surface area contributed by atoms with Crippen LogP contribution in [0.3, 0.4) is 0 Å². The van der Waals surface area contributed by atoms with Crippen LogP contribution in [0, 0.1) is 5.41 Å². The average molecular weight is 461 g/mol. The monoisotopic (exact) mass is 460 g/mol. The van der Waals surface area contributed by atoms with Gasteiger partial charge in [0.2, 0.25) is 0 Å². The maximum absolute atomic E-state index is 13.0. The molecule has 0 radical (unpaired) electrons. The molecule has 1 amide bonds. The molecule has 8 heteroatoms. The lowest BCUT2D eigenvalue weighted by Gasteiger charge is -2.53. The Labute approximate surface area is 177 Å². The van der Waals surface area contributed by atoms with Gasteiger partial charge in [0, 0.05) is 23.3 Å². The standard InChI is InChI=1S/C21H25BrN4O3/c1-20(2,3)21(10-4-5-11-25(21)19(28)29)13-24-16(27)9-12-26-18(24)17-14(22)7-6-8-15(17)23-26/h6-9,12H,4-5,10-11,13H2,1-3H3,(H,28,29). The molecule has 0 saturated carbocycles. The van der Waals surface area contributed by atoms with Crippen molar-refractivity contribution in [1.29, 1.82) is 0 Å². The number of carboxylic acid groups (broad SMARTS) is 1. The molecule has 1 aromatic carbocycles. The predicted octanol–water partition coefficient (Wildman–Crippen LogP) is 4.36. The van der Waals surface area contributed by atoms with E-state index in [0.717, 1.165) is 28.2 Å². The first kappa shape index (κ1) is 19.9. The molecule has 0 spiro atoms. The Balaban J connectivity index is 2.01. The van der Waals surface area contributed by atoms with Gasteiger partial charge in [-0.05, 0) is 52.7 Å². The molecule has 1 aliphatic heterocycles. The number of amides is 1. The van der Waals surface area contributed by atoms with E-state index in [2.05, 4.69) is 41.8 Å². The number of nitrogens with zero attached hydrogens (tertiary/aromatic N) is 4. The van der Waals surface area contributed by atoms with Crippen LogP contribution in [0.4, 0.5) is 4.79 Å². The third kappa shape index (κ3) is 3.04. The summed E-state index contributed by atoms with van der Waals surface area (Å²) in [7, 11) is 0. The second-order valence-electron chi connectivity index (χ2n) is 8.82. The second kappa shape index (κ2) is 6.86. The molecule has 154 valence electrons. The van der Waals surface area contributed by atoms with Crippen LogP contribution >= 0.6 is 15.9 Å². The number of aromatic nitrogens is 3. The summed E-state index contributed by atoms with van der Waals surface area (Å²) in [6, 6.07) is 7.24. The van der Waals surface area contributed by atoms with E-state index in [1.165, 1.54) is 6.07 Å². The molecule has 3 heterocycles. The van der Waals surface area contributed by atoms with Crippen molar-refractivity contribution < 1.29 is 9.90 Å². The van der Waals surface area contributed by atoms with Crippen LogP contribution < -0.4 is 5.56 Å². The number of hydrogen-bond donors (Lipinski definition) is 1. The molecule has 3 aromatic rings. The Morgan fingerprint density at radius 3 is 2.72 bits per heavy atom. The van der Waals surface area contributed by atoms with Gasteiger partial charge in [0.05, 0.1) is 23.0 Å². The summed E-state index contributed by atoms with van der Waals surface area (Å²) < 4.78 is 4.26. The molecule has 1 fully saturated rings. The molecule has 7 nitrogen and oxygen atoms in total. The van der Waals surface area contributed by atoms with Crippen molar-refractivity contribution in [3.05, 3.63) is 45.3 Å². The van der Waals surface area contributed by atoms with Crippen LogP contribution in [0.25, 0.3) is 16.6 Å². The second-order valence-corrected chi connectivity index (χ2v) is 9.67. The summed E-state index contributed by atoms with van der Waals surface area (Å²) in [6.45, 7) is 6.94. The Bertz CT molecular complexity index is 1160. The fourth-order valence-corrected chi connectivity index (χ4v) is 5.23. The van der Waals surface area contributed by atoms with Crippen LogP contribution in [-0.2, 0) is 6.54 Å². The fourth-order valence-electron chi connectivity index (χ4n) is 4.70. The number of halogens is 1. The van der Waals surface area contributed by atoms with Crippen molar-refractivity contribution in [2.24, 2.45) is 5.41 Å². The summed E-state index contributed by atoms with van der Waals surface area (Å²) in [4.78, 5) is 26.8. The molecule has 1 unspecified atom stereocenters. The zero-order valence-electron chi connectivity index (χ0n) is 16.9. The van der Waals surface area contributed by atoms with Gasteiger partial charge in [0.25, 0.3) is 5.56 Å². The SMILES string of the molecule is CC(C)(C)C1(Cn2c(=O)ccn3nc4cccc(Br)c4c23)CCCCN1C(=O)O. The topological polar surface area (TPSA) is 79.8 Å².